The third kappa shape index (κ3) is 6.40. The second kappa shape index (κ2) is 13.5. The van der Waals surface area contributed by atoms with Crippen LogP contribution in [-0.4, -0.2) is 43.3 Å². The summed E-state index contributed by atoms with van der Waals surface area (Å²) in [7, 11) is 3.45. The number of carbonyl (C=O) groups is 2. The molecule has 7 nitrogen and oxygen atoms in total. The zero-order valence-corrected chi connectivity index (χ0v) is 25.4. The van der Waals surface area contributed by atoms with Crippen molar-refractivity contribution in [3.8, 4) is 22.6 Å². The Morgan fingerprint density at radius 1 is 0.932 bits per heavy atom. The third-order valence-corrected chi connectivity index (χ3v) is 8.85. The molecule has 2 unspecified atom stereocenters. The van der Waals surface area contributed by atoms with E-state index in [2.05, 4.69) is 35.6 Å². The van der Waals surface area contributed by atoms with Crippen molar-refractivity contribution in [1.29, 1.82) is 0 Å². The number of carboxylic acid groups (broad SMARTS) is 1. The van der Waals surface area contributed by atoms with Gasteiger partial charge in [0.2, 0.25) is 0 Å². The van der Waals surface area contributed by atoms with Crippen molar-refractivity contribution in [2.24, 2.45) is 5.73 Å². The molecule has 0 spiro atoms. The molecule has 2 aliphatic rings. The topological polar surface area (TPSA) is 111 Å². The van der Waals surface area contributed by atoms with E-state index in [9.17, 15) is 19.1 Å². The Bertz CT molecular complexity index is 1650. The van der Waals surface area contributed by atoms with Crippen molar-refractivity contribution in [3.05, 3.63) is 94.8 Å². The molecular weight excluding hydrogens is 559 g/mol. The minimum Gasteiger partial charge on any atom is -0.496 e. The number of fused-ring (bicyclic) bond motifs is 3. The van der Waals surface area contributed by atoms with Gasteiger partial charge in [-0.2, -0.15) is 0 Å². The van der Waals surface area contributed by atoms with Crippen LogP contribution < -0.4 is 20.5 Å². The van der Waals surface area contributed by atoms with Gasteiger partial charge in [0, 0.05) is 18.5 Å². The van der Waals surface area contributed by atoms with Crippen molar-refractivity contribution in [2.75, 3.05) is 14.2 Å². The second-order valence-electron chi connectivity index (χ2n) is 11.6. The predicted octanol–water partition coefficient (Wildman–Crippen LogP) is 6.77. The molecule has 2 bridgehead atoms. The van der Waals surface area contributed by atoms with Crippen molar-refractivity contribution < 1.29 is 28.6 Å². The lowest BCUT2D eigenvalue weighted by molar-refractivity contribution is -0.136. The molecule has 230 valence electrons. The molecule has 1 amide bonds. The van der Waals surface area contributed by atoms with Gasteiger partial charge in [-0.1, -0.05) is 54.6 Å². The number of ether oxygens (including phenoxy) is 2. The van der Waals surface area contributed by atoms with Crippen LogP contribution in [-0.2, 0) is 11.2 Å². The van der Waals surface area contributed by atoms with Crippen molar-refractivity contribution in [1.82, 2.24) is 5.32 Å². The van der Waals surface area contributed by atoms with Gasteiger partial charge in [-0.25, -0.2) is 4.39 Å². The molecule has 4 aromatic rings. The number of primary amides is 1. The third-order valence-electron chi connectivity index (χ3n) is 8.85. The zero-order chi connectivity index (χ0) is 31.4. The lowest BCUT2D eigenvalue weighted by atomic mass is 9.83. The van der Waals surface area contributed by atoms with E-state index in [1.54, 1.807) is 27.2 Å². The fraction of sp³-hybridized carbons (Fsp3) is 0.333. The van der Waals surface area contributed by atoms with Crippen LogP contribution in [0.1, 0.15) is 65.1 Å². The molecule has 4 aromatic carbocycles. The summed E-state index contributed by atoms with van der Waals surface area (Å²) in [5, 5.41) is 15.1. The Labute approximate surface area is 257 Å². The number of aryl methyl sites for hydroxylation is 2. The number of nitrogens with two attached hydrogens (primary N) is 1. The summed E-state index contributed by atoms with van der Waals surface area (Å²) in [6, 6.07) is 22.2. The Kier molecular flexibility index (Phi) is 9.49. The molecule has 44 heavy (non-hydrogen) atoms. The quantitative estimate of drug-likeness (QED) is 0.206. The number of carbonyl (C=O) groups excluding carboxylic acids is 1. The minimum absolute atomic E-state index is 0.0208. The Hall–Kier alpha value is -4.43. The van der Waals surface area contributed by atoms with E-state index in [0.717, 1.165) is 51.8 Å². The summed E-state index contributed by atoms with van der Waals surface area (Å²) in [5.41, 5.74) is 9.81. The van der Waals surface area contributed by atoms with E-state index >= 15 is 0 Å². The smallest absolute Gasteiger partial charge is 0.303 e. The van der Waals surface area contributed by atoms with Crippen LogP contribution in [0.3, 0.4) is 0 Å². The Balaban J connectivity index is 0.000000296. The van der Waals surface area contributed by atoms with Gasteiger partial charge in [0.25, 0.3) is 5.91 Å². The summed E-state index contributed by atoms with van der Waals surface area (Å²) in [6.07, 6.45) is 5.40. The van der Waals surface area contributed by atoms with Crippen LogP contribution >= 0.6 is 0 Å². The van der Waals surface area contributed by atoms with Gasteiger partial charge in [0.05, 0.1) is 25.3 Å². The van der Waals surface area contributed by atoms with E-state index < -0.39 is 17.7 Å². The monoisotopic (exact) mass is 598 g/mol. The molecule has 0 radical (unpaired) electrons. The number of halogens is 1. The highest BCUT2D eigenvalue weighted by Crippen LogP contribution is 2.49. The van der Waals surface area contributed by atoms with Gasteiger partial charge in [0.1, 0.15) is 17.3 Å². The summed E-state index contributed by atoms with van der Waals surface area (Å²) in [4.78, 5) is 21.8. The molecule has 2 saturated heterocycles. The Morgan fingerprint density at radius 3 is 2.23 bits per heavy atom. The summed E-state index contributed by atoms with van der Waals surface area (Å²) in [5.74, 6) is 0.0812. The molecule has 6 rings (SSSR count). The van der Waals surface area contributed by atoms with E-state index in [1.165, 1.54) is 30.5 Å². The lowest BCUT2D eigenvalue weighted by Gasteiger charge is -2.31. The van der Waals surface area contributed by atoms with Gasteiger partial charge in [-0.05, 0) is 90.1 Å². The van der Waals surface area contributed by atoms with Gasteiger partial charge in [-0.15, -0.1) is 0 Å². The highest BCUT2D eigenvalue weighted by atomic mass is 19.1. The van der Waals surface area contributed by atoms with E-state index in [0.29, 0.717) is 30.0 Å². The molecule has 2 atom stereocenters. The number of piperidine rings is 1. The summed E-state index contributed by atoms with van der Waals surface area (Å²) in [6.45, 7) is 1.64. The predicted molar refractivity (Wildman–Crippen MR) is 170 cm³/mol. The van der Waals surface area contributed by atoms with Gasteiger partial charge in [0.15, 0.2) is 0 Å². The highest BCUT2D eigenvalue weighted by molar-refractivity contribution is 6.01. The van der Waals surface area contributed by atoms with Crippen LogP contribution in [0, 0.1) is 12.7 Å². The van der Waals surface area contributed by atoms with Crippen molar-refractivity contribution in [2.45, 2.75) is 63.5 Å². The lowest BCUT2D eigenvalue weighted by Crippen LogP contribution is -2.37. The molecule has 2 heterocycles. The van der Waals surface area contributed by atoms with Crippen LogP contribution in [0.2, 0.25) is 0 Å². The standard InChI is InChI=1S/C28H31NO4.C8H8FNO/c1-32-25-13-12-22(18-15-19-10-11-20(16-18)29-19)28(33-2)27(25)24-8-4-6-21-17(9-14-26(30)31)5-3-7-23(21)24;1-5-3-2-4-6(9)7(5)8(10)11/h3-8,12-13,18-20,29H,9-11,14-16H2,1-2H3,(H,30,31);2-4H,1H3,(H2,10,11). The zero-order valence-electron chi connectivity index (χ0n) is 25.4. The molecule has 2 aliphatic heterocycles. The number of hydrogen-bond acceptors (Lipinski definition) is 5. The van der Waals surface area contributed by atoms with Gasteiger partial charge >= 0.3 is 5.97 Å². The fourth-order valence-electron chi connectivity index (χ4n) is 6.86. The molecule has 0 aliphatic carbocycles. The van der Waals surface area contributed by atoms with Crippen LogP contribution in [0.15, 0.2) is 66.7 Å². The van der Waals surface area contributed by atoms with Crippen molar-refractivity contribution >= 4 is 22.6 Å². The maximum Gasteiger partial charge on any atom is 0.303 e. The first-order valence-corrected chi connectivity index (χ1v) is 15.0. The minimum atomic E-state index is -0.782. The number of aliphatic carboxylic acids is 1. The summed E-state index contributed by atoms with van der Waals surface area (Å²) < 4.78 is 24.7. The normalized spacial score (nSPS) is 18.8. The van der Waals surface area contributed by atoms with Crippen LogP contribution in [0.25, 0.3) is 21.9 Å². The summed E-state index contributed by atoms with van der Waals surface area (Å²) >= 11 is 0. The van der Waals surface area contributed by atoms with E-state index in [1.807, 2.05) is 18.2 Å². The number of nitrogens with one attached hydrogen (secondary N) is 1. The van der Waals surface area contributed by atoms with Gasteiger partial charge in [-0.3, -0.25) is 9.59 Å². The number of methoxy groups -OCH3 is 2. The van der Waals surface area contributed by atoms with Crippen LogP contribution in [0.5, 0.6) is 11.5 Å². The number of benzene rings is 4. The highest BCUT2D eigenvalue weighted by Gasteiger charge is 2.36. The SMILES string of the molecule is COc1ccc(C2CC3CCC(C2)N3)c(OC)c1-c1cccc2c(CCC(=O)O)cccc12.Cc1cccc(F)c1C(N)=O. The van der Waals surface area contributed by atoms with Gasteiger partial charge < -0.3 is 25.6 Å². The maximum absolute atomic E-state index is 12.8. The molecule has 8 heteroatoms. The number of carboxylic acids is 1. The second-order valence-corrected chi connectivity index (χ2v) is 11.6. The molecular formula is C36H39FN2O5. The van der Waals surface area contributed by atoms with Crippen molar-refractivity contribution in [3.63, 3.8) is 0 Å². The average molecular weight is 599 g/mol. The molecule has 4 N–H and O–H groups in total. The fourth-order valence-corrected chi connectivity index (χ4v) is 6.86. The molecule has 2 fully saturated rings. The first-order valence-electron chi connectivity index (χ1n) is 15.0. The number of amides is 1. The molecule has 0 saturated carbocycles. The first kappa shape index (κ1) is 31.0. The Morgan fingerprint density at radius 2 is 1.61 bits per heavy atom. The maximum atomic E-state index is 12.8. The molecule has 0 aromatic heterocycles. The average Bonchev–Trinajstić information content (AvgIpc) is 3.35. The van der Waals surface area contributed by atoms with Crippen LogP contribution in [0.4, 0.5) is 4.39 Å². The number of hydrogen-bond donors (Lipinski definition) is 3. The largest absolute Gasteiger partial charge is 0.496 e. The van der Waals surface area contributed by atoms with E-state index in [-0.39, 0.29) is 12.0 Å². The number of rotatable bonds is 8. The first-order chi connectivity index (χ1) is 21.2. The van der Waals surface area contributed by atoms with E-state index in [4.69, 9.17) is 15.2 Å².